The molecule has 3 aromatic rings. The van der Waals surface area contributed by atoms with Gasteiger partial charge in [-0.15, -0.1) is 29.3 Å². The van der Waals surface area contributed by atoms with Crippen LogP contribution in [0.4, 0.5) is 20.3 Å². The first-order chi connectivity index (χ1) is 16.0. The highest BCUT2D eigenvalue weighted by atomic mass is 32.1. The molecule has 1 aliphatic rings. The molecule has 0 spiro atoms. The van der Waals surface area contributed by atoms with E-state index in [-0.39, 0.29) is 17.5 Å². The lowest BCUT2D eigenvalue weighted by Gasteiger charge is -2.18. The highest BCUT2D eigenvalue weighted by molar-refractivity contribution is 7.16. The second-order valence-electron chi connectivity index (χ2n) is 7.51. The van der Waals surface area contributed by atoms with Crippen LogP contribution in [0.2, 0.25) is 0 Å². The number of hydrogen-bond acceptors (Lipinski definition) is 6. The normalized spacial score (nSPS) is 13.0. The van der Waals surface area contributed by atoms with Crippen molar-refractivity contribution in [3.8, 4) is 0 Å². The molecular weight excluding hydrogens is 459 g/mol. The topological polar surface area (TPSA) is 66.4 Å². The number of rotatable bonds is 7. The molecule has 6 nitrogen and oxygen atoms in total. The molecular formula is C24H23FN4O2S2. The van der Waals surface area contributed by atoms with Gasteiger partial charge >= 0.3 is 0 Å². The lowest BCUT2D eigenvalue weighted by Crippen LogP contribution is -2.29. The summed E-state index contributed by atoms with van der Waals surface area (Å²) in [6, 6.07) is 6.04. The number of amides is 2. The van der Waals surface area contributed by atoms with E-state index in [4.69, 9.17) is 0 Å². The van der Waals surface area contributed by atoms with Crippen LogP contribution in [0.5, 0.6) is 0 Å². The van der Waals surface area contributed by atoms with Gasteiger partial charge < -0.3 is 0 Å². The number of hydrogen-bond donors (Lipinski definition) is 0. The van der Waals surface area contributed by atoms with Crippen molar-refractivity contribution >= 4 is 56.5 Å². The summed E-state index contributed by atoms with van der Waals surface area (Å²) in [6.07, 6.45) is 8.94. The minimum atomic E-state index is -0.513. The summed E-state index contributed by atoms with van der Waals surface area (Å²) in [7, 11) is 0. The first kappa shape index (κ1) is 23.0. The van der Waals surface area contributed by atoms with Gasteiger partial charge in [0.2, 0.25) is 5.91 Å². The predicted octanol–water partition coefficient (Wildman–Crippen LogP) is 5.53. The number of aryl methyl sites for hydroxylation is 2. The average molecular weight is 483 g/mol. The maximum Gasteiger partial charge on any atom is 0.253 e. The number of halogens is 1. The van der Waals surface area contributed by atoms with E-state index in [1.165, 1.54) is 46.2 Å². The van der Waals surface area contributed by atoms with Gasteiger partial charge in [-0.3, -0.25) is 19.4 Å². The van der Waals surface area contributed by atoms with E-state index >= 15 is 0 Å². The molecule has 0 saturated carbocycles. The Kier molecular flexibility index (Phi) is 7.10. The monoisotopic (exact) mass is 482 g/mol. The van der Waals surface area contributed by atoms with Crippen molar-refractivity contribution in [2.45, 2.75) is 32.6 Å². The van der Waals surface area contributed by atoms with Crippen molar-refractivity contribution in [2.75, 3.05) is 16.3 Å². The summed E-state index contributed by atoms with van der Waals surface area (Å²) in [4.78, 5) is 38.3. The molecule has 0 radical (unpaired) electrons. The molecule has 1 aliphatic carbocycles. The van der Waals surface area contributed by atoms with Crippen LogP contribution in [0.15, 0.2) is 48.4 Å². The number of nitrogens with zero attached hydrogens (tertiary/aromatic N) is 4. The van der Waals surface area contributed by atoms with E-state index in [1.807, 2.05) is 0 Å². The number of benzene rings is 1. The summed E-state index contributed by atoms with van der Waals surface area (Å²) in [5.74, 6) is -1.10. The van der Waals surface area contributed by atoms with Crippen molar-refractivity contribution in [1.29, 1.82) is 0 Å². The maximum atomic E-state index is 14.3. The minimum absolute atomic E-state index is 0.135. The average Bonchev–Trinajstić information content (AvgIpc) is 3.44. The quantitative estimate of drug-likeness (QED) is 0.328. The Labute approximate surface area is 199 Å². The highest BCUT2D eigenvalue weighted by Crippen LogP contribution is 2.33. The Balaban J connectivity index is 1.54. The number of para-hydroxylation sites is 1. The van der Waals surface area contributed by atoms with Crippen LogP contribution in [-0.4, -0.2) is 28.3 Å². The summed E-state index contributed by atoms with van der Waals surface area (Å²) < 4.78 is 14.3. The van der Waals surface area contributed by atoms with Gasteiger partial charge in [0.1, 0.15) is 5.82 Å². The first-order valence-electron chi connectivity index (χ1n) is 10.6. The fourth-order valence-corrected chi connectivity index (χ4v) is 5.60. The van der Waals surface area contributed by atoms with Crippen LogP contribution in [0.1, 0.15) is 36.0 Å². The van der Waals surface area contributed by atoms with Crippen molar-refractivity contribution in [1.82, 2.24) is 9.97 Å². The van der Waals surface area contributed by atoms with Gasteiger partial charge in [-0.1, -0.05) is 18.2 Å². The van der Waals surface area contributed by atoms with Crippen molar-refractivity contribution < 1.29 is 14.0 Å². The zero-order valence-corrected chi connectivity index (χ0v) is 19.8. The molecule has 4 rings (SSSR count). The van der Waals surface area contributed by atoms with Crippen LogP contribution >= 0.6 is 22.7 Å². The molecule has 170 valence electrons. The molecule has 2 aromatic heterocycles. The Morgan fingerprint density at radius 2 is 1.97 bits per heavy atom. The molecule has 2 heterocycles. The van der Waals surface area contributed by atoms with Crippen molar-refractivity contribution in [3.63, 3.8) is 0 Å². The van der Waals surface area contributed by atoms with Gasteiger partial charge in [-0.05, 0) is 43.9 Å². The number of anilines is 3. The van der Waals surface area contributed by atoms with Crippen LogP contribution in [0.25, 0.3) is 6.08 Å². The molecule has 0 atom stereocenters. The third kappa shape index (κ3) is 5.09. The minimum Gasteiger partial charge on any atom is -0.281 e. The lowest BCUT2D eigenvalue weighted by atomic mass is 10.0. The number of aromatic nitrogens is 2. The van der Waals surface area contributed by atoms with Gasteiger partial charge in [0.05, 0.1) is 17.1 Å². The summed E-state index contributed by atoms with van der Waals surface area (Å²) in [5.41, 5.74) is 1.73. The van der Waals surface area contributed by atoms with E-state index in [2.05, 4.69) is 16.5 Å². The molecule has 33 heavy (non-hydrogen) atoms. The fraction of sp³-hybridized carbons (Fsp3) is 0.250. The van der Waals surface area contributed by atoms with Crippen LogP contribution in [0, 0.1) is 5.82 Å². The third-order valence-corrected chi connectivity index (χ3v) is 7.17. The number of thiazole rings is 2. The van der Waals surface area contributed by atoms with E-state index in [0.717, 1.165) is 31.4 Å². The number of fused-ring (bicyclic) bond motifs is 1. The van der Waals surface area contributed by atoms with Crippen LogP contribution < -0.4 is 9.80 Å². The fourth-order valence-electron chi connectivity index (χ4n) is 3.59. The van der Waals surface area contributed by atoms with Crippen LogP contribution in [0.3, 0.4) is 0 Å². The van der Waals surface area contributed by atoms with E-state index in [0.29, 0.717) is 22.5 Å². The molecule has 0 N–H and O–H groups in total. The van der Waals surface area contributed by atoms with Crippen molar-refractivity contribution in [2.24, 2.45) is 0 Å². The Morgan fingerprint density at radius 1 is 1.18 bits per heavy atom. The Bertz CT molecular complexity index is 1190. The molecule has 0 saturated heterocycles. The van der Waals surface area contributed by atoms with E-state index in [9.17, 15) is 14.0 Å². The zero-order valence-electron chi connectivity index (χ0n) is 18.2. The second-order valence-corrected chi connectivity index (χ2v) is 9.40. The lowest BCUT2D eigenvalue weighted by molar-refractivity contribution is -0.116. The van der Waals surface area contributed by atoms with Gasteiger partial charge in [0.15, 0.2) is 10.3 Å². The van der Waals surface area contributed by atoms with E-state index in [1.54, 1.807) is 45.9 Å². The smallest absolute Gasteiger partial charge is 0.253 e. The maximum absolute atomic E-state index is 14.3. The molecule has 0 fully saturated rings. The van der Waals surface area contributed by atoms with Crippen LogP contribution in [-0.2, 0) is 22.4 Å². The third-order valence-electron chi connectivity index (χ3n) is 5.15. The second kappa shape index (κ2) is 10.2. The van der Waals surface area contributed by atoms with Gasteiger partial charge in [0.25, 0.3) is 5.91 Å². The van der Waals surface area contributed by atoms with Gasteiger partial charge in [-0.25, -0.2) is 14.4 Å². The van der Waals surface area contributed by atoms with Gasteiger partial charge in [0, 0.05) is 29.8 Å². The van der Waals surface area contributed by atoms with Crippen molar-refractivity contribution in [3.05, 3.63) is 70.5 Å². The summed E-state index contributed by atoms with van der Waals surface area (Å²) in [6.45, 7) is 5.47. The van der Waals surface area contributed by atoms with Gasteiger partial charge in [-0.2, -0.15) is 0 Å². The largest absolute Gasteiger partial charge is 0.281 e. The summed E-state index contributed by atoms with van der Waals surface area (Å²) >= 11 is 2.76. The number of carbonyl (C=O) groups excluding carboxylic acids is 2. The molecule has 9 heteroatoms. The van der Waals surface area contributed by atoms with E-state index < -0.39 is 5.82 Å². The molecule has 0 aliphatic heterocycles. The molecule has 1 aromatic carbocycles. The Hall–Kier alpha value is -3.17. The Morgan fingerprint density at radius 3 is 2.70 bits per heavy atom. The number of carbonyl (C=O) groups is 2. The summed E-state index contributed by atoms with van der Waals surface area (Å²) in [5, 5.41) is 2.73. The molecule has 0 bridgehead atoms. The molecule has 2 amide bonds. The molecule has 0 unspecified atom stereocenters. The standard InChI is InChI=1S/C24H23FN4O2S2/c1-3-14-28(23-27-19-9-5-7-11-21(19)33-23)22(31)13-12-17-15-32-24(26-17)29(16(2)30)20-10-6-4-8-18(20)25/h3-4,6,8,10,12-13,15H,1,5,7,9,11,14H2,2H3/b13-12+. The zero-order chi connectivity index (χ0) is 23.4. The predicted molar refractivity (Wildman–Crippen MR) is 132 cm³/mol. The highest BCUT2D eigenvalue weighted by Gasteiger charge is 2.22. The first-order valence-corrected chi connectivity index (χ1v) is 12.3. The SMILES string of the molecule is C=CCN(C(=O)/C=C/c1csc(N(C(C)=O)c2ccccc2F)n1)c1nc2c(s1)CCCC2.